The van der Waals surface area contributed by atoms with Crippen LogP contribution in [0.15, 0.2) is 11.8 Å². The second kappa shape index (κ2) is 2.62. The van der Waals surface area contributed by atoms with Gasteiger partial charge in [-0.25, -0.2) is 10.1 Å². The van der Waals surface area contributed by atoms with Crippen molar-refractivity contribution in [2.45, 2.75) is 0 Å². The van der Waals surface area contributed by atoms with E-state index >= 15 is 0 Å². The SMILES string of the molecule is O=C1C=C([N+](=O)[O-])C(=O)N1[N+](=O)[O-]. The highest BCUT2D eigenvalue weighted by molar-refractivity contribution is 6.13. The molecule has 1 aliphatic rings. The Morgan fingerprint density at radius 1 is 1.23 bits per heavy atom. The summed E-state index contributed by atoms with van der Waals surface area (Å²) >= 11 is 0. The van der Waals surface area contributed by atoms with E-state index in [2.05, 4.69) is 0 Å². The summed E-state index contributed by atoms with van der Waals surface area (Å²) in [7, 11) is 0. The van der Waals surface area contributed by atoms with E-state index in [0.717, 1.165) is 0 Å². The molecule has 0 aromatic rings. The predicted molar refractivity (Wildman–Crippen MR) is 33.9 cm³/mol. The van der Waals surface area contributed by atoms with Crippen molar-refractivity contribution in [1.82, 2.24) is 5.01 Å². The molecule has 68 valence electrons. The van der Waals surface area contributed by atoms with Crippen LogP contribution in [0.25, 0.3) is 0 Å². The molecule has 0 unspecified atom stereocenters. The minimum Gasteiger partial charge on any atom is -0.263 e. The number of carbonyl (C=O) groups excluding carboxylic acids is 2. The molecular weight excluding hydrogens is 186 g/mol. The molecular formula is C4HN3O6. The van der Waals surface area contributed by atoms with Crippen LogP contribution < -0.4 is 0 Å². The lowest BCUT2D eigenvalue weighted by Gasteiger charge is -1.98. The Morgan fingerprint density at radius 3 is 2.00 bits per heavy atom. The molecule has 13 heavy (non-hydrogen) atoms. The lowest BCUT2D eigenvalue weighted by atomic mass is 10.4. The monoisotopic (exact) mass is 187 g/mol. The number of rotatable bonds is 2. The third kappa shape index (κ3) is 1.21. The smallest absolute Gasteiger partial charge is 0.263 e. The van der Waals surface area contributed by atoms with Gasteiger partial charge in [-0.2, -0.15) is 0 Å². The molecule has 9 heteroatoms. The molecule has 0 saturated heterocycles. The molecule has 0 aromatic heterocycles. The number of imide groups is 1. The van der Waals surface area contributed by atoms with Crippen molar-refractivity contribution in [2.75, 3.05) is 0 Å². The minimum atomic E-state index is -1.53. The Bertz CT molecular complexity index is 357. The van der Waals surface area contributed by atoms with Gasteiger partial charge < -0.3 is 0 Å². The molecule has 1 heterocycles. The topological polar surface area (TPSA) is 124 Å². The first-order valence-electron chi connectivity index (χ1n) is 2.84. The fourth-order valence-corrected chi connectivity index (χ4v) is 0.734. The van der Waals surface area contributed by atoms with Gasteiger partial charge >= 0.3 is 17.5 Å². The zero-order valence-corrected chi connectivity index (χ0v) is 5.87. The average molecular weight is 187 g/mol. The van der Waals surface area contributed by atoms with Gasteiger partial charge in [0.25, 0.3) is 0 Å². The van der Waals surface area contributed by atoms with E-state index in [4.69, 9.17) is 0 Å². The largest absolute Gasteiger partial charge is 0.393 e. The third-order valence-corrected chi connectivity index (χ3v) is 1.24. The average Bonchev–Trinajstić information content (AvgIpc) is 2.26. The van der Waals surface area contributed by atoms with E-state index in [1.54, 1.807) is 0 Å². The Hall–Kier alpha value is -2.32. The van der Waals surface area contributed by atoms with Crippen molar-refractivity contribution in [1.29, 1.82) is 0 Å². The summed E-state index contributed by atoms with van der Waals surface area (Å²) in [6.45, 7) is 0. The van der Waals surface area contributed by atoms with Crippen molar-refractivity contribution in [2.24, 2.45) is 0 Å². The molecule has 2 amide bonds. The van der Waals surface area contributed by atoms with Crippen LogP contribution in [0.1, 0.15) is 0 Å². The van der Waals surface area contributed by atoms with Crippen molar-refractivity contribution >= 4 is 11.8 Å². The predicted octanol–water partition coefficient (Wildman–Crippen LogP) is -1.29. The first kappa shape index (κ1) is 8.77. The maximum atomic E-state index is 10.8. The van der Waals surface area contributed by atoms with Gasteiger partial charge in [0.15, 0.2) is 5.03 Å². The number of amides is 2. The maximum Gasteiger partial charge on any atom is 0.393 e. The van der Waals surface area contributed by atoms with E-state index in [9.17, 15) is 29.8 Å². The van der Waals surface area contributed by atoms with Crippen LogP contribution in [0.2, 0.25) is 0 Å². The normalized spacial score (nSPS) is 16.0. The molecule has 0 bridgehead atoms. The van der Waals surface area contributed by atoms with Gasteiger partial charge in [-0.05, 0) is 0 Å². The van der Waals surface area contributed by atoms with E-state index in [0.29, 0.717) is 6.08 Å². The van der Waals surface area contributed by atoms with Gasteiger partial charge in [-0.15, -0.1) is 0 Å². The summed E-state index contributed by atoms with van der Waals surface area (Å²) in [5, 5.41) is 18.3. The van der Waals surface area contributed by atoms with Gasteiger partial charge in [0.1, 0.15) is 0 Å². The molecule has 0 atom stereocenters. The molecule has 0 fully saturated rings. The van der Waals surface area contributed by atoms with E-state index < -0.39 is 32.5 Å². The second-order valence-electron chi connectivity index (χ2n) is 1.98. The van der Waals surface area contributed by atoms with E-state index in [1.807, 2.05) is 0 Å². The molecule has 0 N–H and O–H groups in total. The fraction of sp³-hybridized carbons (Fsp3) is 0. The van der Waals surface area contributed by atoms with Crippen molar-refractivity contribution < 1.29 is 19.5 Å². The highest BCUT2D eigenvalue weighted by atomic mass is 16.7. The maximum absolute atomic E-state index is 10.8. The third-order valence-electron chi connectivity index (χ3n) is 1.24. The summed E-state index contributed by atoms with van der Waals surface area (Å²) in [6.07, 6.45) is 0.311. The van der Waals surface area contributed by atoms with Gasteiger partial charge in [0, 0.05) is 5.01 Å². The number of nitrogens with zero attached hydrogens (tertiary/aromatic N) is 3. The van der Waals surface area contributed by atoms with Gasteiger partial charge in [-0.1, -0.05) is 0 Å². The number of hydrogen-bond acceptors (Lipinski definition) is 6. The Labute approximate surface area is 69.5 Å². The second-order valence-corrected chi connectivity index (χ2v) is 1.98. The number of nitro groups is 2. The van der Waals surface area contributed by atoms with Gasteiger partial charge in [0.2, 0.25) is 0 Å². The first-order valence-corrected chi connectivity index (χ1v) is 2.84. The number of carbonyl (C=O) groups is 2. The molecule has 0 radical (unpaired) electrons. The summed E-state index contributed by atoms with van der Waals surface area (Å²) in [4.78, 5) is 40.3. The fourth-order valence-electron chi connectivity index (χ4n) is 0.734. The molecule has 1 aliphatic heterocycles. The van der Waals surface area contributed by atoms with Gasteiger partial charge in [-0.3, -0.25) is 19.7 Å². The Balaban J connectivity index is 3.06. The molecule has 0 aromatic carbocycles. The standard InChI is InChI=1S/C4HN3O6/c8-3-1-2(6(10)11)4(9)5(3)7(12)13/h1H. The zero-order chi connectivity index (χ0) is 10.2. The lowest BCUT2D eigenvalue weighted by molar-refractivity contribution is -0.613. The molecule has 9 nitrogen and oxygen atoms in total. The highest BCUT2D eigenvalue weighted by Gasteiger charge is 2.47. The summed E-state index contributed by atoms with van der Waals surface area (Å²) < 4.78 is 0. The van der Waals surface area contributed by atoms with Crippen LogP contribution in [-0.4, -0.2) is 26.8 Å². The van der Waals surface area contributed by atoms with Crippen LogP contribution >= 0.6 is 0 Å². The van der Waals surface area contributed by atoms with Crippen molar-refractivity contribution in [3.63, 3.8) is 0 Å². The van der Waals surface area contributed by atoms with Crippen LogP contribution in [0.3, 0.4) is 0 Å². The van der Waals surface area contributed by atoms with E-state index in [-0.39, 0.29) is 0 Å². The van der Waals surface area contributed by atoms with Crippen molar-refractivity contribution in [3.05, 3.63) is 32.0 Å². The van der Waals surface area contributed by atoms with Crippen LogP contribution in [0.5, 0.6) is 0 Å². The Morgan fingerprint density at radius 2 is 1.77 bits per heavy atom. The highest BCUT2D eigenvalue weighted by Crippen LogP contribution is 2.12. The zero-order valence-electron chi connectivity index (χ0n) is 5.87. The minimum absolute atomic E-state index is 0.311. The Kier molecular flexibility index (Phi) is 1.77. The molecule has 0 aliphatic carbocycles. The molecule has 0 spiro atoms. The number of hydrazine groups is 1. The molecule has 1 rings (SSSR count). The molecule has 0 saturated carbocycles. The number of hydrogen-bond donors (Lipinski definition) is 0. The quantitative estimate of drug-likeness (QED) is 0.301. The van der Waals surface area contributed by atoms with Gasteiger partial charge in [0.05, 0.1) is 11.0 Å². The first-order chi connectivity index (χ1) is 5.95. The van der Waals surface area contributed by atoms with Crippen LogP contribution in [0, 0.1) is 20.2 Å². The summed E-state index contributed by atoms with van der Waals surface area (Å²) in [5.74, 6) is -2.85. The van der Waals surface area contributed by atoms with Crippen LogP contribution in [-0.2, 0) is 9.59 Å². The van der Waals surface area contributed by atoms with Crippen LogP contribution in [0.4, 0.5) is 0 Å². The summed E-state index contributed by atoms with van der Waals surface area (Å²) in [5.41, 5.74) is -1.10. The van der Waals surface area contributed by atoms with Crippen molar-refractivity contribution in [3.8, 4) is 0 Å². The lowest BCUT2D eigenvalue weighted by Crippen LogP contribution is -2.37. The summed E-state index contributed by atoms with van der Waals surface area (Å²) in [6, 6.07) is 0. The van der Waals surface area contributed by atoms with E-state index in [1.165, 1.54) is 0 Å².